The minimum Gasteiger partial charge on any atom is -0.348 e. The molecular weight excluding hydrogens is 298 g/mol. The van der Waals surface area contributed by atoms with Crippen LogP contribution in [-0.4, -0.2) is 39.7 Å². The van der Waals surface area contributed by atoms with Gasteiger partial charge in [0.25, 0.3) is 5.56 Å². The lowest BCUT2D eigenvalue weighted by atomic mass is 10.2. The highest BCUT2D eigenvalue weighted by Crippen LogP contribution is 2.23. The monoisotopic (exact) mass is 317 g/mol. The summed E-state index contributed by atoms with van der Waals surface area (Å²) in [7, 11) is 3.42. The molecule has 116 valence electrons. The first-order chi connectivity index (χ1) is 10.5. The molecule has 2 rings (SSSR count). The highest BCUT2D eigenvalue weighted by molar-refractivity contribution is 8.00. The number of allylic oxidation sites excluding steroid dienone is 1. The van der Waals surface area contributed by atoms with Crippen LogP contribution in [0.4, 0.5) is 0 Å². The van der Waals surface area contributed by atoms with Crippen molar-refractivity contribution in [2.75, 3.05) is 14.1 Å². The number of hydrogen-bond acceptors (Lipinski definition) is 4. The summed E-state index contributed by atoms with van der Waals surface area (Å²) in [6, 6.07) is 7.22. The Balaban J connectivity index is 2.52. The second-order valence-corrected chi connectivity index (χ2v) is 6.42. The molecule has 22 heavy (non-hydrogen) atoms. The van der Waals surface area contributed by atoms with Gasteiger partial charge in [0.05, 0.1) is 16.2 Å². The maximum atomic E-state index is 12.6. The molecule has 0 spiro atoms. The molecule has 0 saturated carbocycles. The lowest BCUT2D eigenvalue weighted by Crippen LogP contribution is -2.31. The Labute approximate surface area is 133 Å². The number of fused-ring (bicyclic) bond motifs is 1. The van der Waals surface area contributed by atoms with Crippen LogP contribution in [0.15, 0.2) is 46.9 Å². The van der Waals surface area contributed by atoms with Crippen molar-refractivity contribution in [2.24, 2.45) is 0 Å². The van der Waals surface area contributed by atoms with E-state index in [0.717, 1.165) is 0 Å². The molecular formula is C16H19N3O2S. The van der Waals surface area contributed by atoms with Crippen molar-refractivity contribution < 1.29 is 4.79 Å². The summed E-state index contributed by atoms with van der Waals surface area (Å²) in [5, 5.41) is 0.783. The maximum Gasteiger partial charge on any atom is 0.262 e. The quantitative estimate of drug-likeness (QED) is 0.482. The molecule has 0 N–H and O–H groups in total. The number of nitrogens with zero attached hydrogens (tertiary/aromatic N) is 3. The molecule has 1 aromatic heterocycles. The summed E-state index contributed by atoms with van der Waals surface area (Å²) in [5.74, 6) is -0.0161. The van der Waals surface area contributed by atoms with E-state index in [-0.39, 0.29) is 16.7 Å². The lowest BCUT2D eigenvalue weighted by molar-refractivity contribution is -0.127. The molecule has 0 bridgehead atoms. The zero-order valence-corrected chi connectivity index (χ0v) is 13.8. The van der Waals surface area contributed by atoms with Gasteiger partial charge >= 0.3 is 0 Å². The van der Waals surface area contributed by atoms with Crippen molar-refractivity contribution in [1.29, 1.82) is 0 Å². The van der Waals surface area contributed by atoms with Crippen LogP contribution in [0.25, 0.3) is 10.9 Å². The summed E-state index contributed by atoms with van der Waals surface area (Å²) in [4.78, 5) is 30.7. The van der Waals surface area contributed by atoms with Crippen LogP contribution in [0.3, 0.4) is 0 Å². The molecule has 0 unspecified atom stereocenters. The van der Waals surface area contributed by atoms with E-state index in [1.807, 2.05) is 19.1 Å². The summed E-state index contributed by atoms with van der Waals surface area (Å²) in [5.41, 5.74) is 0.525. The first kappa shape index (κ1) is 16.3. The molecule has 0 radical (unpaired) electrons. The smallest absolute Gasteiger partial charge is 0.262 e. The van der Waals surface area contributed by atoms with Crippen LogP contribution in [0.1, 0.15) is 6.92 Å². The predicted molar refractivity (Wildman–Crippen MR) is 90.2 cm³/mol. The van der Waals surface area contributed by atoms with Gasteiger partial charge in [-0.25, -0.2) is 4.98 Å². The Kier molecular flexibility index (Phi) is 5.03. The second-order valence-electron chi connectivity index (χ2n) is 5.11. The third-order valence-corrected chi connectivity index (χ3v) is 4.29. The van der Waals surface area contributed by atoms with Crippen molar-refractivity contribution in [2.45, 2.75) is 23.9 Å². The van der Waals surface area contributed by atoms with Crippen LogP contribution in [0.5, 0.6) is 0 Å². The Hall–Kier alpha value is -2.08. The van der Waals surface area contributed by atoms with Gasteiger partial charge in [-0.15, -0.1) is 6.58 Å². The number of aromatic nitrogens is 2. The van der Waals surface area contributed by atoms with Gasteiger partial charge in [-0.05, 0) is 19.1 Å². The van der Waals surface area contributed by atoms with Crippen molar-refractivity contribution in [1.82, 2.24) is 14.5 Å². The molecule has 0 aliphatic carbocycles. The molecule has 0 fully saturated rings. The zero-order valence-electron chi connectivity index (χ0n) is 12.9. The van der Waals surface area contributed by atoms with Gasteiger partial charge in [-0.1, -0.05) is 30.0 Å². The van der Waals surface area contributed by atoms with Crippen LogP contribution in [0, 0.1) is 0 Å². The number of carbonyl (C=O) groups is 1. The normalized spacial score (nSPS) is 12.1. The van der Waals surface area contributed by atoms with Gasteiger partial charge in [-0.2, -0.15) is 0 Å². The number of amides is 1. The number of benzene rings is 1. The van der Waals surface area contributed by atoms with E-state index in [9.17, 15) is 9.59 Å². The number of carbonyl (C=O) groups excluding carboxylic acids is 1. The summed E-state index contributed by atoms with van der Waals surface area (Å²) >= 11 is 1.29. The molecule has 1 amide bonds. The second kappa shape index (κ2) is 6.79. The van der Waals surface area contributed by atoms with Crippen molar-refractivity contribution in [3.63, 3.8) is 0 Å². The molecule has 1 aromatic carbocycles. The minimum atomic E-state index is -0.320. The van der Waals surface area contributed by atoms with Gasteiger partial charge in [0, 0.05) is 20.6 Å². The summed E-state index contributed by atoms with van der Waals surface area (Å²) in [6.07, 6.45) is 1.65. The topological polar surface area (TPSA) is 55.2 Å². The van der Waals surface area contributed by atoms with Crippen LogP contribution >= 0.6 is 11.8 Å². The summed E-state index contributed by atoms with van der Waals surface area (Å²) < 4.78 is 1.56. The van der Waals surface area contributed by atoms with Crippen LogP contribution in [0.2, 0.25) is 0 Å². The van der Waals surface area contributed by atoms with Gasteiger partial charge in [0.2, 0.25) is 5.91 Å². The van der Waals surface area contributed by atoms with Gasteiger partial charge in [0.1, 0.15) is 0 Å². The first-order valence-corrected chi connectivity index (χ1v) is 7.82. The molecule has 0 aliphatic heterocycles. The average molecular weight is 317 g/mol. The lowest BCUT2D eigenvalue weighted by Gasteiger charge is -2.18. The van der Waals surface area contributed by atoms with E-state index >= 15 is 0 Å². The van der Waals surface area contributed by atoms with Crippen molar-refractivity contribution in [3.05, 3.63) is 47.3 Å². The van der Waals surface area contributed by atoms with E-state index in [1.54, 1.807) is 36.9 Å². The summed E-state index contributed by atoms with van der Waals surface area (Å²) in [6.45, 7) is 5.86. The van der Waals surface area contributed by atoms with E-state index in [4.69, 9.17) is 0 Å². The molecule has 0 saturated heterocycles. The SMILES string of the molecule is C=CCn1c(S[C@@H](C)C(=O)N(C)C)nc2ccccc2c1=O. The first-order valence-electron chi connectivity index (χ1n) is 6.94. The highest BCUT2D eigenvalue weighted by atomic mass is 32.2. The molecule has 0 aliphatic rings. The third-order valence-electron chi connectivity index (χ3n) is 3.21. The van der Waals surface area contributed by atoms with Crippen molar-refractivity contribution >= 4 is 28.6 Å². The van der Waals surface area contributed by atoms with Gasteiger partial charge < -0.3 is 4.90 Å². The standard InChI is InChI=1S/C16H19N3O2S/c1-5-10-19-15(21)12-8-6-7-9-13(12)17-16(19)22-11(2)14(20)18(3)4/h5-9,11H,1,10H2,2-4H3/t11-/m0/s1. The Morgan fingerprint density at radius 3 is 2.77 bits per heavy atom. The predicted octanol–water partition coefficient (Wildman–Crippen LogP) is 2.15. The number of hydrogen-bond donors (Lipinski definition) is 0. The maximum absolute atomic E-state index is 12.6. The van der Waals surface area contributed by atoms with E-state index in [1.165, 1.54) is 16.7 Å². The third kappa shape index (κ3) is 3.22. The van der Waals surface area contributed by atoms with E-state index in [0.29, 0.717) is 22.6 Å². The van der Waals surface area contributed by atoms with Crippen LogP contribution in [-0.2, 0) is 11.3 Å². The van der Waals surface area contributed by atoms with E-state index in [2.05, 4.69) is 11.6 Å². The van der Waals surface area contributed by atoms with E-state index < -0.39 is 0 Å². The molecule has 6 heteroatoms. The fourth-order valence-electron chi connectivity index (χ4n) is 2.10. The average Bonchev–Trinajstić information content (AvgIpc) is 2.50. The van der Waals surface area contributed by atoms with Crippen molar-refractivity contribution in [3.8, 4) is 0 Å². The fourth-order valence-corrected chi connectivity index (χ4v) is 3.16. The van der Waals surface area contributed by atoms with Gasteiger partial charge in [0.15, 0.2) is 5.16 Å². The number of rotatable bonds is 5. The molecule has 5 nitrogen and oxygen atoms in total. The van der Waals surface area contributed by atoms with Gasteiger partial charge in [-0.3, -0.25) is 14.2 Å². The van der Waals surface area contributed by atoms with Crippen LogP contribution < -0.4 is 5.56 Å². The zero-order chi connectivity index (χ0) is 16.3. The Morgan fingerprint density at radius 2 is 2.14 bits per heavy atom. The Bertz CT molecular complexity index is 768. The molecule has 1 atom stereocenters. The molecule has 1 heterocycles. The number of para-hydroxylation sites is 1. The Morgan fingerprint density at radius 1 is 1.45 bits per heavy atom. The highest BCUT2D eigenvalue weighted by Gasteiger charge is 2.20. The molecule has 2 aromatic rings. The number of thioether (sulfide) groups is 1. The largest absolute Gasteiger partial charge is 0.348 e. The fraction of sp³-hybridized carbons (Fsp3) is 0.312. The minimum absolute atomic E-state index is 0.0161.